The highest BCUT2D eigenvalue weighted by atomic mass is 16.4. The maximum absolute atomic E-state index is 12.8. The van der Waals surface area contributed by atoms with Crippen molar-refractivity contribution in [2.24, 2.45) is 17.4 Å². The molecule has 3 amide bonds. The van der Waals surface area contributed by atoms with Gasteiger partial charge in [-0.3, -0.25) is 14.4 Å². The van der Waals surface area contributed by atoms with Crippen LogP contribution in [-0.4, -0.2) is 71.0 Å². The zero-order chi connectivity index (χ0) is 22.8. The molecular weight excluding hydrogens is 390 g/mol. The second-order valence-electron chi connectivity index (χ2n) is 8.34. The minimum atomic E-state index is -1.10. The lowest BCUT2D eigenvalue weighted by molar-refractivity contribution is -0.145. The lowest BCUT2D eigenvalue weighted by Gasteiger charge is -2.28. The molecule has 172 valence electrons. The minimum absolute atomic E-state index is 0.0945. The molecule has 0 spiro atoms. The summed E-state index contributed by atoms with van der Waals surface area (Å²) in [6.45, 7) is 6.21. The van der Waals surface area contributed by atoms with Gasteiger partial charge in [-0.2, -0.15) is 0 Å². The lowest BCUT2D eigenvalue weighted by Crippen LogP contribution is -2.56. The number of nitrogens with zero attached hydrogens (tertiary/aromatic N) is 1. The summed E-state index contributed by atoms with van der Waals surface area (Å²) < 4.78 is 0. The molecule has 1 saturated heterocycles. The molecule has 4 atom stereocenters. The Morgan fingerprint density at radius 3 is 2.37 bits per heavy atom. The largest absolute Gasteiger partial charge is 0.480 e. The molecule has 0 aromatic heterocycles. The van der Waals surface area contributed by atoms with Crippen LogP contribution in [0.5, 0.6) is 0 Å². The molecule has 1 fully saturated rings. The first-order valence-electron chi connectivity index (χ1n) is 10.7. The number of nitrogens with two attached hydrogens (primary N) is 2. The van der Waals surface area contributed by atoms with Crippen LogP contribution in [0.2, 0.25) is 0 Å². The van der Waals surface area contributed by atoms with Gasteiger partial charge >= 0.3 is 5.97 Å². The van der Waals surface area contributed by atoms with Crippen molar-refractivity contribution in [3.8, 4) is 0 Å². The number of likely N-dealkylation sites (tertiary alicyclic amines) is 1. The Morgan fingerprint density at radius 2 is 1.80 bits per heavy atom. The van der Waals surface area contributed by atoms with Crippen molar-refractivity contribution in [1.82, 2.24) is 15.5 Å². The molecule has 1 aliphatic heterocycles. The van der Waals surface area contributed by atoms with E-state index in [9.17, 15) is 24.3 Å². The van der Waals surface area contributed by atoms with E-state index in [0.717, 1.165) is 12.8 Å². The monoisotopic (exact) mass is 427 g/mol. The van der Waals surface area contributed by atoms with E-state index >= 15 is 0 Å². The van der Waals surface area contributed by atoms with Gasteiger partial charge in [-0.05, 0) is 51.5 Å². The average molecular weight is 428 g/mol. The number of aliphatic carboxylic acids is 1. The summed E-state index contributed by atoms with van der Waals surface area (Å²) in [5, 5.41) is 14.5. The van der Waals surface area contributed by atoms with Crippen LogP contribution < -0.4 is 22.1 Å². The lowest BCUT2D eigenvalue weighted by atomic mass is 10.0. The maximum atomic E-state index is 12.8. The topological polar surface area (TPSA) is 168 Å². The number of hydrogen-bond acceptors (Lipinski definition) is 6. The minimum Gasteiger partial charge on any atom is -0.480 e. The highest BCUT2D eigenvalue weighted by molar-refractivity contribution is 5.94. The fraction of sp³-hybridized carbons (Fsp3) is 0.800. The van der Waals surface area contributed by atoms with E-state index in [1.807, 2.05) is 13.8 Å². The predicted octanol–water partition coefficient (Wildman–Crippen LogP) is -0.446. The Kier molecular flexibility index (Phi) is 10.8. The molecule has 0 radical (unpaired) electrons. The zero-order valence-electron chi connectivity index (χ0n) is 18.2. The molecule has 10 nitrogen and oxygen atoms in total. The van der Waals surface area contributed by atoms with E-state index in [2.05, 4.69) is 10.6 Å². The normalized spacial score (nSPS) is 19.3. The highest BCUT2D eigenvalue weighted by Gasteiger charge is 2.38. The number of carboxylic acids is 1. The summed E-state index contributed by atoms with van der Waals surface area (Å²) in [6.07, 6.45) is 3.36. The first-order chi connectivity index (χ1) is 14.1. The molecule has 10 heteroatoms. The van der Waals surface area contributed by atoms with Gasteiger partial charge < -0.3 is 32.1 Å². The molecule has 0 aliphatic carbocycles. The Hall–Kier alpha value is -2.20. The zero-order valence-corrected chi connectivity index (χ0v) is 18.2. The number of rotatable bonds is 12. The van der Waals surface area contributed by atoms with Crippen LogP contribution >= 0.6 is 0 Å². The maximum Gasteiger partial charge on any atom is 0.326 e. The summed E-state index contributed by atoms with van der Waals surface area (Å²) in [6, 6.07) is -3.31. The van der Waals surface area contributed by atoms with E-state index in [-0.39, 0.29) is 11.8 Å². The summed E-state index contributed by atoms with van der Waals surface area (Å²) in [5.41, 5.74) is 11.3. The first kappa shape index (κ1) is 25.8. The van der Waals surface area contributed by atoms with Gasteiger partial charge in [0.2, 0.25) is 17.7 Å². The van der Waals surface area contributed by atoms with Crippen molar-refractivity contribution in [3.05, 3.63) is 0 Å². The van der Waals surface area contributed by atoms with Crippen molar-refractivity contribution in [1.29, 1.82) is 0 Å². The van der Waals surface area contributed by atoms with Crippen LogP contribution in [0.25, 0.3) is 0 Å². The summed E-state index contributed by atoms with van der Waals surface area (Å²) in [7, 11) is 0. The molecule has 1 aliphatic rings. The van der Waals surface area contributed by atoms with Gasteiger partial charge in [0.15, 0.2) is 0 Å². The van der Waals surface area contributed by atoms with Crippen molar-refractivity contribution in [3.63, 3.8) is 0 Å². The Balaban J connectivity index is 2.68. The third kappa shape index (κ3) is 7.91. The van der Waals surface area contributed by atoms with Crippen LogP contribution in [-0.2, 0) is 19.2 Å². The number of hydrogen-bond donors (Lipinski definition) is 5. The number of unbranched alkanes of at least 4 members (excludes halogenated alkanes) is 1. The Labute approximate surface area is 178 Å². The number of carbonyl (C=O) groups excluding carboxylic acids is 3. The number of carboxylic acid groups (broad SMARTS) is 1. The van der Waals surface area contributed by atoms with E-state index in [1.165, 1.54) is 4.90 Å². The quantitative estimate of drug-likeness (QED) is 0.263. The first-order valence-corrected chi connectivity index (χ1v) is 10.7. The SMILES string of the molecule is CC(C)CC(NC(=O)C1CCCN1C(=O)C(C)NC(=O)C(N)CCCCN)C(=O)O. The number of nitrogens with one attached hydrogen (secondary N) is 2. The second kappa shape index (κ2) is 12.5. The van der Waals surface area contributed by atoms with Crippen molar-refractivity contribution < 1.29 is 24.3 Å². The third-order valence-corrected chi connectivity index (χ3v) is 5.20. The van der Waals surface area contributed by atoms with Crippen LogP contribution in [0, 0.1) is 5.92 Å². The van der Waals surface area contributed by atoms with Crippen LogP contribution in [0.1, 0.15) is 59.3 Å². The summed E-state index contributed by atoms with van der Waals surface area (Å²) in [4.78, 5) is 50.6. The van der Waals surface area contributed by atoms with Crippen molar-refractivity contribution in [2.75, 3.05) is 13.1 Å². The fourth-order valence-corrected chi connectivity index (χ4v) is 3.53. The van der Waals surface area contributed by atoms with Gasteiger partial charge in [0, 0.05) is 6.54 Å². The van der Waals surface area contributed by atoms with Gasteiger partial charge in [-0.15, -0.1) is 0 Å². The van der Waals surface area contributed by atoms with Gasteiger partial charge in [-0.1, -0.05) is 20.3 Å². The molecule has 0 aromatic carbocycles. The smallest absolute Gasteiger partial charge is 0.326 e. The van der Waals surface area contributed by atoms with E-state index < -0.39 is 42.0 Å². The van der Waals surface area contributed by atoms with Gasteiger partial charge in [0.05, 0.1) is 6.04 Å². The number of amides is 3. The highest BCUT2D eigenvalue weighted by Crippen LogP contribution is 2.19. The summed E-state index contributed by atoms with van der Waals surface area (Å²) >= 11 is 0. The molecule has 0 saturated carbocycles. The van der Waals surface area contributed by atoms with E-state index in [0.29, 0.717) is 38.8 Å². The molecular formula is C20H37N5O5. The molecule has 0 aromatic rings. The van der Waals surface area contributed by atoms with Crippen LogP contribution in [0.4, 0.5) is 0 Å². The third-order valence-electron chi connectivity index (χ3n) is 5.20. The molecule has 1 heterocycles. The fourth-order valence-electron chi connectivity index (χ4n) is 3.53. The van der Waals surface area contributed by atoms with Crippen molar-refractivity contribution in [2.45, 2.75) is 83.5 Å². The van der Waals surface area contributed by atoms with Crippen LogP contribution in [0.15, 0.2) is 0 Å². The molecule has 1 rings (SSSR count). The molecule has 0 bridgehead atoms. The van der Waals surface area contributed by atoms with Gasteiger partial charge in [0.1, 0.15) is 18.1 Å². The Bertz CT molecular complexity index is 612. The standard InChI is InChI=1S/C20H37N5O5/c1-12(2)11-15(20(29)30)24-18(27)16-8-6-10-25(16)19(28)13(3)23-17(26)14(22)7-4-5-9-21/h12-16H,4-11,21-22H2,1-3H3,(H,23,26)(H,24,27)(H,29,30). The molecule has 30 heavy (non-hydrogen) atoms. The van der Waals surface area contributed by atoms with Crippen LogP contribution in [0.3, 0.4) is 0 Å². The van der Waals surface area contributed by atoms with E-state index in [4.69, 9.17) is 11.5 Å². The Morgan fingerprint density at radius 1 is 1.13 bits per heavy atom. The average Bonchev–Trinajstić information content (AvgIpc) is 3.16. The van der Waals surface area contributed by atoms with Gasteiger partial charge in [0.25, 0.3) is 0 Å². The molecule has 7 N–H and O–H groups in total. The van der Waals surface area contributed by atoms with Gasteiger partial charge in [-0.25, -0.2) is 4.79 Å². The second-order valence-corrected chi connectivity index (χ2v) is 8.34. The van der Waals surface area contributed by atoms with E-state index in [1.54, 1.807) is 6.92 Å². The predicted molar refractivity (Wildman–Crippen MR) is 112 cm³/mol. The summed E-state index contributed by atoms with van der Waals surface area (Å²) in [5.74, 6) is -2.29. The molecule has 4 unspecified atom stereocenters. The van der Waals surface area contributed by atoms with Crippen molar-refractivity contribution >= 4 is 23.7 Å². The number of carbonyl (C=O) groups is 4.